The first-order valence-corrected chi connectivity index (χ1v) is 7.16. The number of aryl methyl sites for hydroxylation is 1. The molecular weight excluding hydrogens is 272 g/mol. The first kappa shape index (κ1) is 13.9. The number of carboxylic acids is 1. The highest BCUT2D eigenvalue weighted by atomic mass is 16.6. The van der Waals surface area contributed by atoms with Crippen molar-refractivity contribution in [3.05, 3.63) is 24.0 Å². The summed E-state index contributed by atoms with van der Waals surface area (Å²) >= 11 is 0. The fraction of sp³-hybridized carbons (Fsp3) is 0.533. The summed E-state index contributed by atoms with van der Waals surface area (Å²) in [5, 5.41) is 9.06. The largest absolute Gasteiger partial charge is 0.481 e. The van der Waals surface area contributed by atoms with E-state index >= 15 is 0 Å². The number of aliphatic carboxylic acids is 1. The molecule has 0 atom stereocenters. The second-order valence-corrected chi connectivity index (χ2v) is 5.86. The Morgan fingerprint density at radius 2 is 2.19 bits per heavy atom. The first-order valence-electron chi connectivity index (χ1n) is 7.16. The summed E-state index contributed by atoms with van der Waals surface area (Å²) in [5.41, 5.74) is 1.01. The molecule has 1 aliphatic heterocycles. The van der Waals surface area contributed by atoms with Gasteiger partial charge >= 0.3 is 12.1 Å². The third kappa shape index (κ3) is 2.46. The van der Waals surface area contributed by atoms with Crippen molar-refractivity contribution < 1.29 is 19.4 Å². The lowest BCUT2D eigenvalue weighted by atomic mass is 9.79. The monoisotopic (exact) mass is 290 g/mol. The lowest BCUT2D eigenvalue weighted by molar-refractivity contribution is -0.144. The smallest absolute Gasteiger partial charge is 0.415 e. The van der Waals surface area contributed by atoms with Crippen molar-refractivity contribution in [2.75, 3.05) is 11.4 Å². The zero-order valence-electron chi connectivity index (χ0n) is 11.9. The van der Waals surface area contributed by atoms with Crippen LogP contribution in [0.1, 0.15) is 31.4 Å². The summed E-state index contributed by atoms with van der Waals surface area (Å²) in [6, 6.07) is 3.65. The number of aromatic nitrogens is 1. The molecule has 1 aliphatic carbocycles. The second-order valence-electron chi connectivity index (χ2n) is 5.86. The summed E-state index contributed by atoms with van der Waals surface area (Å²) in [5.74, 6) is -1.07. The quantitative estimate of drug-likeness (QED) is 0.904. The Kier molecular flexibility index (Phi) is 3.31. The van der Waals surface area contributed by atoms with Gasteiger partial charge in [0.25, 0.3) is 0 Å². The highest BCUT2D eigenvalue weighted by Crippen LogP contribution is 2.41. The number of carbonyl (C=O) groups is 2. The molecule has 1 aromatic rings. The van der Waals surface area contributed by atoms with Crippen molar-refractivity contribution in [1.82, 2.24) is 4.98 Å². The molecule has 2 aliphatic rings. The van der Waals surface area contributed by atoms with Crippen molar-refractivity contribution >= 4 is 17.7 Å². The minimum Gasteiger partial charge on any atom is -0.481 e. The number of carbonyl (C=O) groups excluding carboxylic acids is 1. The molecular formula is C15H18N2O4. The number of ether oxygens (including phenoxy) is 1. The Morgan fingerprint density at radius 3 is 2.81 bits per heavy atom. The third-order valence-electron chi connectivity index (χ3n) is 4.49. The van der Waals surface area contributed by atoms with Crippen molar-refractivity contribution in [1.29, 1.82) is 0 Å². The van der Waals surface area contributed by atoms with Gasteiger partial charge in [-0.25, -0.2) is 4.79 Å². The molecule has 6 nitrogen and oxygen atoms in total. The molecule has 0 radical (unpaired) electrons. The Morgan fingerprint density at radius 1 is 1.48 bits per heavy atom. The van der Waals surface area contributed by atoms with Crippen LogP contribution in [0.4, 0.5) is 10.5 Å². The van der Waals surface area contributed by atoms with Crippen LogP contribution in [0.25, 0.3) is 0 Å². The fourth-order valence-electron chi connectivity index (χ4n) is 3.22. The van der Waals surface area contributed by atoms with E-state index in [2.05, 4.69) is 4.98 Å². The van der Waals surface area contributed by atoms with E-state index < -0.39 is 11.6 Å². The van der Waals surface area contributed by atoms with Gasteiger partial charge in [-0.3, -0.25) is 14.7 Å². The maximum atomic E-state index is 12.2. The molecule has 3 rings (SSSR count). The van der Waals surface area contributed by atoms with Gasteiger partial charge in [0.15, 0.2) is 0 Å². The van der Waals surface area contributed by atoms with Gasteiger partial charge in [-0.2, -0.15) is 0 Å². The Labute approximate surface area is 122 Å². The van der Waals surface area contributed by atoms with E-state index in [-0.39, 0.29) is 12.0 Å². The summed E-state index contributed by atoms with van der Waals surface area (Å²) in [6.45, 7) is 2.33. The van der Waals surface area contributed by atoms with Crippen molar-refractivity contribution in [3.8, 4) is 0 Å². The third-order valence-corrected chi connectivity index (χ3v) is 4.49. The molecule has 0 unspecified atom stereocenters. The molecule has 1 saturated carbocycles. The number of pyridine rings is 1. The van der Waals surface area contributed by atoms with E-state index in [0.717, 1.165) is 11.4 Å². The number of hydrogen-bond acceptors (Lipinski definition) is 4. The zero-order chi connectivity index (χ0) is 15.0. The summed E-state index contributed by atoms with van der Waals surface area (Å²) in [4.78, 5) is 29.0. The molecule has 1 amide bonds. The van der Waals surface area contributed by atoms with Crippen LogP contribution in [-0.2, 0) is 9.53 Å². The van der Waals surface area contributed by atoms with Crippen LogP contribution in [0.2, 0.25) is 0 Å². The first-order chi connectivity index (χ1) is 10.0. The second kappa shape index (κ2) is 5.02. The fourth-order valence-corrected chi connectivity index (χ4v) is 3.22. The van der Waals surface area contributed by atoms with Crippen molar-refractivity contribution in [2.24, 2.45) is 5.92 Å². The molecule has 1 spiro atoms. The van der Waals surface area contributed by atoms with Crippen LogP contribution in [-0.4, -0.2) is 34.3 Å². The van der Waals surface area contributed by atoms with Gasteiger partial charge in [0.2, 0.25) is 0 Å². The molecule has 112 valence electrons. The Balaban J connectivity index is 1.77. The highest BCUT2D eigenvalue weighted by Gasteiger charge is 2.48. The lowest BCUT2D eigenvalue weighted by Crippen LogP contribution is -2.40. The minimum absolute atomic E-state index is 0.316. The van der Waals surface area contributed by atoms with Gasteiger partial charge in [0, 0.05) is 6.20 Å². The SMILES string of the molecule is Cc1ncccc1N1CC2(CCC(C(=O)O)CC2)OC1=O. The lowest BCUT2D eigenvalue weighted by Gasteiger charge is -2.33. The summed E-state index contributed by atoms with van der Waals surface area (Å²) in [6.07, 6.45) is 3.65. The van der Waals surface area contributed by atoms with E-state index in [1.54, 1.807) is 17.2 Å². The number of carboxylic acid groups (broad SMARTS) is 1. The average Bonchev–Trinajstić information content (AvgIpc) is 2.76. The van der Waals surface area contributed by atoms with E-state index in [9.17, 15) is 9.59 Å². The van der Waals surface area contributed by atoms with E-state index in [1.807, 2.05) is 13.0 Å². The number of anilines is 1. The summed E-state index contributed by atoms with van der Waals surface area (Å²) in [7, 11) is 0. The predicted molar refractivity (Wildman–Crippen MR) is 75.1 cm³/mol. The summed E-state index contributed by atoms with van der Waals surface area (Å²) < 4.78 is 5.61. The standard InChI is InChI=1S/C15H18N2O4/c1-10-12(3-2-8-16-10)17-9-15(21-14(17)20)6-4-11(5-7-15)13(18)19/h2-3,8,11H,4-7,9H2,1H3,(H,18,19). The van der Waals surface area contributed by atoms with Gasteiger partial charge in [-0.1, -0.05) is 0 Å². The molecule has 0 bridgehead atoms. The van der Waals surface area contributed by atoms with Gasteiger partial charge in [-0.15, -0.1) is 0 Å². The van der Waals surface area contributed by atoms with Crippen molar-refractivity contribution in [3.63, 3.8) is 0 Å². The Bertz CT molecular complexity index is 579. The normalized spacial score (nSPS) is 28.7. The van der Waals surface area contributed by atoms with Crippen LogP contribution >= 0.6 is 0 Å². The molecule has 6 heteroatoms. The van der Waals surface area contributed by atoms with E-state index in [1.165, 1.54) is 0 Å². The van der Waals surface area contributed by atoms with Gasteiger partial charge < -0.3 is 9.84 Å². The number of rotatable bonds is 2. The highest BCUT2D eigenvalue weighted by molar-refractivity contribution is 5.91. The number of hydrogen-bond donors (Lipinski definition) is 1. The maximum absolute atomic E-state index is 12.2. The van der Waals surface area contributed by atoms with Crippen LogP contribution in [0.15, 0.2) is 18.3 Å². The van der Waals surface area contributed by atoms with Crippen LogP contribution < -0.4 is 4.90 Å². The molecule has 0 aromatic carbocycles. The van der Waals surface area contributed by atoms with Gasteiger partial charge in [-0.05, 0) is 44.7 Å². The molecule has 1 N–H and O–H groups in total. The zero-order valence-corrected chi connectivity index (χ0v) is 11.9. The van der Waals surface area contributed by atoms with E-state index in [0.29, 0.717) is 32.2 Å². The van der Waals surface area contributed by atoms with Crippen LogP contribution in [0.3, 0.4) is 0 Å². The molecule has 2 heterocycles. The van der Waals surface area contributed by atoms with Crippen LogP contribution in [0, 0.1) is 12.8 Å². The molecule has 1 aromatic heterocycles. The predicted octanol–water partition coefficient (Wildman–Crippen LogP) is 2.36. The Hall–Kier alpha value is -2.11. The number of nitrogens with zero attached hydrogens (tertiary/aromatic N) is 2. The molecule has 21 heavy (non-hydrogen) atoms. The minimum atomic E-state index is -0.755. The number of amides is 1. The molecule has 1 saturated heterocycles. The van der Waals surface area contributed by atoms with Gasteiger partial charge in [0.05, 0.1) is 23.8 Å². The van der Waals surface area contributed by atoms with E-state index in [4.69, 9.17) is 9.84 Å². The van der Waals surface area contributed by atoms with Crippen LogP contribution in [0.5, 0.6) is 0 Å². The maximum Gasteiger partial charge on any atom is 0.415 e. The molecule has 2 fully saturated rings. The average molecular weight is 290 g/mol. The topological polar surface area (TPSA) is 79.7 Å². The van der Waals surface area contributed by atoms with Crippen molar-refractivity contribution in [2.45, 2.75) is 38.2 Å². The van der Waals surface area contributed by atoms with Gasteiger partial charge in [0.1, 0.15) is 5.60 Å².